The second-order valence-electron chi connectivity index (χ2n) is 3.59. The first-order valence-corrected chi connectivity index (χ1v) is 5.10. The Bertz CT molecular complexity index is 414. The molecular weight excluding hydrogens is 206 g/mol. The van der Waals surface area contributed by atoms with Crippen LogP contribution in [0.15, 0.2) is 35.3 Å². The molecule has 1 aromatic carbocycles. The molecule has 1 unspecified atom stereocenters. The molecule has 4 nitrogen and oxygen atoms in total. The second-order valence-corrected chi connectivity index (χ2v) is 3.59. The Balaban J connectivity index is 2.23. The fourth-order valence-electron chi connectivity index (χ4n) is 1.59. The lowest BCUT2D eigenvalue weighted by molar-refractivity contribution is -0.143. The van der Waals surface area contributed by atoms with Gasteiger partial charge in [-0.25, -0.2) is 9.79 Å². The zero-order valence-corrected chi connectivity index (χ0v) is 9.21. The standard InChI is InChI=1S/C12H13NO3/c1-8-10(12(14)15-2)13-11(16-8)9-6-4-3-5-7-9/h3-8,10H,1-2H3/t8?,10-/m0/s1. The number of carbonyl (C=O) groups is 1. The highest BCUT2D eigenvalue weighted by molar-refractivity contribution is 5.97. The summed E-state index contributed by atoms with van der Waals surface area (Å²) < 4.78 is 10.2. The molecule has 0 radical (unpaired) electrons. The Morgan fingerprint density at radius 2 is 2.06 bits per heavy atom. The van der Waals surface area contributed by atoms with Crippen LogP contribution in [0.2, 0.25) is 0 Å². The topological polar surface area (TPSA) is 47.9 Å². The van der Waals surface area contributed by atoms with E-state index in [0.717, 1.165) is 5.56 Å². The number of benzene rings is 1. The molecule has 1 aliphatic rings. The molecule has 16 heavy (non-hydrogen) atoms. The van der Waals surface area contributed by atoms with E-state index < -0.39 is 6.04 Å². The molecule has 0 N–H and O–H groups in total. The monoisotopic (exact) mass is 219 g/mol. The molecule has 1 heterocycles. The molecule has 0 fully saturated rings. The van der Waals surface area contributed by atoms with Crippen LogP contribution >= 0.6 is 0 Å². The van der Waals surface area contributed by atoms with E-state index in [2.05, 4.69) is 9.73 Å². The van der Waals surface area contributed by atoms with Crippen molar-refractivity contribution >= 4 is 11.9 Å². The average Bonchev–Trinajstić information content (AvgIpc) is 2.71. The second kappa shape index (κ2) is 4.35. The molecule has 0 saturated carbocycles. The number of nitrogens with zero attached hydrogens (tertiary/aromatic N) is 1. The first kappa shape index (κ1) is 10.7. The molecule has 0 aromatic heterocycles. The minimum absolute atomic E-state index is 0.275. The Labute approximate surface area is 93.9 Å². The first-order valence-electron chi connectivity index (χ1n) is 5.10. The molecule has 4 heteroatoms. The van der Waals surface area contributed by atoms with Crippen molar-refractivity contribution in [2.75, 3.05) is 7.11 Å². The van der Waals surface area contributed by atoms with Crippen molar-refractivity contribution in [1.82, 2.24) is 0 Å². The highest BCUT2D eigenvalue weighted by Crippen LogP contribution is 2.18. The number of rotatable bonds is 2. The number of esters is 1. The largest absolute Gasteiger partial charge is 0.472 e. The number of hydrogen-bond donors (Lipinski definition) is 0. The molecule has 0 bridgehead atoms. The van der Waals surface area contributed by atoms with Crippen molar-refractivity contribution in [1.29, 1.82) is 0 Å². The number of ether oxygens (including phenoxy) is 2. The third-order valence-corrected chi connectivity index (χ3v) is 2.46. The molecule has 84 valence electrons. The van der Waals surface area contributed by atoms with Gasteiger partial charge in [0.2, 0.25) is 5.90 Å². The van der Waals surface area contributed by atoms with Crippen molar-refractivity contribution < 1.29 is 14.3 Å². The minimum atomic E-state index is -0.555. The smallest absolute Gasteiger partial charge is 0.334 e. The van der Waals surface area contributed by atoms with Gasteiger partial charge in [0.1, 0.15) is 6.10 Å². The Morgan fingerprint density at radius 1 is 1.38 bits per heavy atom. The zero-order valence-electron chi connectivity index (χ0n) is 9.21. The summed E-state index contributed by atoms with van der Waals surface area (Å²) in [4.78, 5) is 15.6. The lowest BCUT2D eigenvalue weighted by atomic mass is 10.2. The van der Waals surface area contributed by atoms with Crippen LogP contribution in [0, 0.1) is 0 Å². The van der Waals surface area contributed by atoms with E-state index in [9.17, 15) is 4.79 Å². The maximum atomic E-state index is 11.4. The van der Waals surface area contributed by atoms with E-state index >= 15 is 0 Å². The molecule has 0 saturated heterocycles. The van der Waals surface area contributed by atoms with Crippen LogP contribution in [0.3, 0.4) is 0 Å². The van der Waals surface area contributed by atoms with E-state index in [1.54, 1.807) is 6.92 Å². The molecule has 0 amide bonds. The fraction of sp³-hybridized carbons (Fsp3) is 0.333. The Kier molecular flexibility index (Phi) is 2.90. The van der Waals surface area contributed by atoms with Crippen LogP contribution in [0.1, 0.15) is 12.5 Å². The van der Waals surface area contributed by atoms with Gasteiger partial charge in [-0.3, -0.25) is 0 Å². The molecule has 2 rings (SSSR count). The summed E-state index contributed by atoms with van der Waals surface area (Å²) in [5.74, 6) is 0.141. The summed E-state index contributed by atoms with van der Waals surface area (Å²) >= 11 is 0. The van der Waals surface area contributed by atoms with E-state index in [0.29, 0.717) is 5.90 Å². The van der Waals surface area contributed by atoms with Crippen molar-refractivity contribution in [3.63, 3.8) is 0 Å². The predicted octanol–water partition coefficient (Wildman–Crippen LogP) is 1.39. The summed E-state index contributed by atoms with van der Waals surface area (Å²) in [6, 6.07) is 8.95. The molecule has 2 atom stereocenters. The van der Waals surface area contributed by atoms with E-state index in [4.69, 9.17) is 4.74 Å². The first-order chi connectivity index (χ1) is 7.72. The molecule has 1 aromatic rings. The highest BCUT2D eigenvalue weighted by Gasteiger charge is 2.34. The van der Waals surface area contributed by atoms with Crippen LogP contribution in [0.4, 0.5) is 0 Å². The quantitative estimate of drug-likeness (QED) is 0.706. The molecule has 0 spiro atoms. The zero-order chi connectivity index (χ0) is 11.5. The molecule has 0 aliphatic carbocycles. The van der Waals surface area contributed by atoms with Gasteiger partial charge in [-0.2, -0.15) is 0 Å². The lowest BCUT2D eigenvalue weighted by Crippen LogP contribution is -2.28. The van der Waals surface area contributed by atoms with Crippen molar-refractivity contribution in [3.8, 4) is 0 Å². The third kappa shape index (κ3) is 1.91. The predicted molar refractivity (Wildman–Crippen MR) is 59.3 cm³/mol. The van der Waals surface area contributed by atoms with E-state index in [1.165, 1.54) is 7.11 Å². The van der Waals surface area contributed by atoms with Gasteiger partial charge < -0.3 is 9.47 Å². The van der Waals surface area contributed by atoms with E-state index in [-0.39, 0.29) is 12.1 Å². The summed E-state index contributed by atoms with van der Waals surface area (Å²) in [7, 11) is 1.35. The van der Waals surface area contributed by atoms with Crippen molar-refractivity contribution in [2.24, 2.45) is 4.99 Å². The summed E-state index contributed by atoms with van der Waals surface area (Å²) in [6.07, 6.45) is -0.275. The van der Waals surface area contributed by atoms with Crippen molar-refractivity contribution in [3.05, 3.63) is 35.9 Å². The Morgan fingerprint density at radius 3 is 2.69 bits per heavy atom. The van der Waals surface area contributed by atoms with Crippen molar-refractivity contribution in [2.45, 2.75) is 19.1 Å². The van der Waals surface area contributed by atoms with Gasteiger partial charge in [-0.15, -0.1) is 0 Å². The van der Waals surface area contributed by atoms with Crippen LogP contribution < -0.4 is 0 Å². The summed E-state index contributed by atoms with van der Waals surface area (Å²) in [5.41, 5.74) is 0.876. The van der Waals surface area contributed by atoms with Gasteiger partial charge in [-0.1, -0.05) is 18.2 Å². The minimum Gasteiger partial charge on any atom is -0.472 e. The average molecular weight is 219 g/mol. The third-order valence-electron chi connectivity index (χ3n) is 2.46. The van der Waals surface area contributed by atoms with Crippen LogP contribution in [-0.2, 0) is 14.3 Å². The molecular formula is C12H13NO3. The van der Waals surface area contributed by atoms with Gasteiger partial charge in [0.15, 0.2) is 6.04 Å². The summed E-state index contributed by atoms with van der Waals surface area (Å²) in [5, 5.41) is 0. The van der Waals surface area contributed by atoms with Gasteiger partial charge >= 0.3 is 5.97 Å². The normalized spacial score (nSPS) is 23.5. The van der Waals surface area contributed by atoms with Crippen LogP contribution in [0.25, 0.3) is 0 Å². The van der Waals surface area contributed by atoms with Gasteiger partial charge in [0.05, 0.1) is 7.11 Å². The number of methoxy groups -OCH3 is 1. The van der Waals surface area contributed by atoms with Gasteiger partial charge in [0, 0.05) is 5.56 Å². The number of aliphatic imine (C=N–C) groups is 1. The van der Waals surface area contributed by atoms with Gasteiger partial charge in [-0.05, 0) is 19.1 Å². The van der Waals surface area contributed by atoms with Gasteiger partial charge in [0.25, 0.3) is 0 Å². The SMILES string of the molecule is COC(=O)[C@H]1N=C(c2ccccc2)OC1C. The highest BCUT2D eigenvalue weighted by atomic mass is 16.5. The number of carbonyl (C=O) groups excluding carboxylic acids is 1. The maximum absolute atomic E-state index is 11.4. The van der Waals surface area contributed by atoms with E-state index in [1.807, 2.05) is 30.3 Å². The fourth-order valence-corrected chi connectivity index (χ4v) is 1.59. The number of hydrogen-bond acceptors (Lipinski definition) is 4. The molecule has 1 aliphatic heterocycles. The van der Waals surface area contributed by atoms with Crippen LogP contribution in [0.5, 0.6) is 0 Å². The Hall–Kier alpha value is -1.84. The lowest BCUT2D eigenvalue weighted by Gasteiger charge is -2.09. The maximum Gasteiger partial charge on any atom is 0.334 e. The van der Waals surface area contributed by atoms with Crippen LogP contribution in [-0.4, -0.2) is 31.1 Å². The summed E-state index contributed by atoms with van der Waals surface area (Å²) in [6.45, 7) is 1.81.